The van der Waals surface area contributed by atoms with Gasteiger partial charge in [0.25, 0.3) is 5.82 Å². The third-order valence-corrected chi connectivity index (χ3v) is 15.6. The lowest BCUT2D eigenvalue weighted by atomic mass is 9.85. The first-order valence-electron chi connectivity index (χ1n) is 25.7. The van der Waals surface area contributed by atoms with Crippen molar-refractivity contribution in [2.24, 2.45) is 16.4 Å². The lowest BCUT2D eigenvalue weighted by Crippen LogP contribution is -2.57. The quantitative estimate of drug-likeness (QED) is 0.120. The van der Waals surface area contributed by atoms with Gasteiger partial charge in [0.05, 0.1) is 16.1 Å². The van der Waals surface area contributed by atoms with E-state index in [-0.39, 0.29) is 29.5 Å². The third-order valence-electron chi connectivity index (χ3n) is 14.6. The number of piperazine rings is 1. The number of thiazole rings is 1. The molecule has 15 nitrogen and oxygen atoms in total. The molecule has 3 amide bonds. The predicted molar refractivity (Wildman–Crippen MR) is 279 cm³/mol. The van der Waals surface area contributed by atoms with Crippen LogP contribution in [0.25, 0.3) is 10.4 Å². The van der Waals surface area contributed by atoms with Crippen molar-refractivity contribution in [2.75, 3.05) is 57.3 Å². The first-order valence-corrected chi connectivity index (χ1v) is 26.6. The fourth-order valence-electron chi connectivity index (χ4n) is 10.4. The highest BCUT2D eigenvalue weighted by molar-refractivity contribution is 7.13. The van der Waals surface area contributed by atoms with Gasteiger partial charge in [-0.3, -0.25) is 19.3 Å². The number of hydrogen-bond acceptors (Lipinski definition) is 12. The second-order valence-corrected chi connectivity index (χ2v) is 22.0. The number of benzene rings is 2. The molecule has 3 fully saturated rings. The summed E-state index contributed by atoms with van der Waals surface area (Å²) in [5, 5.41) is 17.5. The van der Waals surface area contributed by atoms with Crippen LogP contribution in [0.3, 0.4) is 0 Å². The van der Waals surface area contributed by atoms with Gasteiger partial charge in [-0.2, -0.15) is 22.9 Å². The zero-order chi connectivity index (χ0) is 52.1. The molecule has 0 aliphatic carbocycles. The number of aryl methyl sites for hydroxylation is 2. The van der Waals surface area contributed by atoms with Gasteiger partial charge in [0, 0.05) is 88.9 Å². The van der Waals surface area contributed by atoms with E-state index in [9.17, 15) is 27.6 Å². The average molecular weight is 1030 g/mol. The molecule has 19 heteroatoms. The smallest absolute Gasteiger partial charge is 0.359 e. The van der Waals surface area contributed by atoms with Crippen molar-refractivity contribution in [3.8, 4) is 22.3 Å². The molecule has 3 aromatic heterocycles. The van der Waals surface area contributed by atoms with Crippen LogP contribution in [-0.4, -0.2) is 128 Å². The fourth-order valence-corrected chi connectivity index (χ4v) is 11.2. The number of amides is 3. The van der Waals surface area contributed by atoms with Crippen molar-refractivity contribution in [3.05, 3.63) is 112 Å². The normalized spacial score (nSPS) is 19.1. The molecule has 0 bridgehead atoms. The number of halogens is 3. The van der Waals surface area contributed by atoms with Crippen molar-refractivity contribution >= 4 is 40.7 Å². The van der Waals surface area contributed by atoms with E-state index in [1.807, 2.05) is 87.9 Å². The molecule has 1 unspecified atom stereocenters. The first kappa shape index (κ1) is 52.2. The Morgan fingerprint density at radius 1 is 0.851 bits per heavy atom. The van der Waals surface area contributed by atoms with Gasteiger partial charge in [0.15, 0.2) is 5.82 Å². The van der Waals surface area contributed by atoms with Crippen molar-refractivity contribution in [1.82, 2.24) is 50.2 Å². The van der Waals surface area contributed by atoms with E-state index in [0.717, 1.165) is 88.9 Å². The van der Waals surface area contributed by atoms with Gasteiger partial charge < -0.3 is 25.3 Å². The number of nitrogens with zero attached hydrogens (tertiary/aromatic N) is 10. The maximum atomic E-state index is 14.2. The summed E-state index contributed by atoms with van der Waals surface area (Å²) in [4.78, 5) is 59.9. The number of pyridine rings is 1. The highest BCUT2D eigenvalue weighted by atomic mass is 32.1. The number of hydrogen-bond donors (Lipinski definition) is 2. The SMILES string of the molecule is Cc1ncsc1-c1ccc(CNC(=O)[C@@H]2CC(C)CN2C(=O)[C@@H](NC(=O)CCCN2CCN(c3ccc(C#Cc4ccc(C5CCN(C6=Nn7c(nnc7C(F)(F)F)CC6)CC5)cc4)cn3)CC2)C(C)(C)C)cc1. The summed E-state index contributed by atoms with van der Waals surface area (Å²) in [6.45, 7) is 16.2. The standard InChI is InChI=1S/C55H65F3N12O3S/c1-36-31-44(51(72)60-33-40-12-17-43(18-13-40)49-37(2)61-35-74-49)69(34-36)52(73)50(54(3,4)5)62-48(71)7-6-24-66-27-29-68(30-28-66)45-19-14-39(32-59-45)9-8-38-10-15-41(16-11-38)42-22-25-67(26-23-42)47-21-20-46-63-64-53(55(56,57)58)70(46)65-47/h10-19,32,35-36,42,44,50H,6-7,20-31,33-34H2,1-5H3,(H,60,72)(H,62,71)/t36?,44-,50+/m0/s1. The van der Waals surface area contributed by atoms with Crippen molar-refractivity contribution in [1.29, 1.82) is 0 Å². The van der Waals surface area contributed by atoms with Gasteiger partial charge in [0.2, 0.25) is 17.7 Å². The van der Waals surface area contributed by atoms with Crippen LogP contribution in [0, 0.1) is 30.1 Å². The van der Waals surface area contributed by atoms with Gasteiger partial charge >= 0.3 is 6.18 Å². The number of rotatable bonds is 12. The van der Waals surface area contributed by atoms with E-state index in [1.165, 1.54) is 5.56 Å². The Labute approximate surface area is 435 Å². The minimum absolute atomic E-state index is 0.148. The van der Waals surface area contributed by atoms with Gasteiger partial charge in [-0.1, -0.05) is 75.9 Å². The average Bonchev–Trinajstić information content (AvgIpc) is 4.15. The summed E-state index contributed by atoms with van der Waals surface area (Å²) in [5.74, 6) is 7.12. The van der Waals surface area contributed by atoms with E-state index >= 15 is 0 Å². The van der Waals surface area contributed by atoms with Crippen LogP contribution in [0.2, 0.25) is 0 Å². The van der Waals surface area contributed by atoms with Crippen LogP contribution in [0.1, 0.15) is 112 Å². The second kappa shape index (κ2) is 22.4. The minimum atomic E-state index is -4.61. The number of piperidine rings is 1. The van der Waals surface area contributed by atoms with Crippen molar-refractivity contribution in [3.63, 3.8) is 0 Å². The van der Waals surface area contributed by atoms with Crippen LogP contribution in [0.4, 0.5) is 19.0 Å². The Bertz CT molecular complexity index is 2870. The zero-order valence-corrected chi connectivity index (χ0v) is 43.6. The predicted octanol–water partition coefficient (Wildman–Crippen LogP) is 7.50. The Kier molecular flexibility index (Phi) is 15.8. The monoisotopic (exact) mass is 1030 g/mol. The fraction of sp³-hybridized carbons (Fsp3) is 0.491. The highest BCUT2D eigenvalue weighted by Crippen LogP contribution is 2.33. The minimum Gasteiger partial charge on any atom is -0.359 e. The number of nitrogens with one attached hydrogen (secondary N) is 2. The van der Waals surface area contributed by atoms with Crippen LogP contribution < -0.4 is 15.5 Å². The molecule has 4 aliphatic rings. The molecule has 74 heavy (non-hydrogen) atoms. The molecule has 9 rings (SSSR count). The largest absolute Gasteiger partial charge is 0.453 e. The molecule has 3 atom stereocenters. The maximum Gasteiger partial charge on any atom is 0.453 e. The number of likely N-dealkylation sites (tertiary alicyclic amines) is 2. The Hall–Kier alpha value is -6.65. The maximum absolute atomic E-state index is 14.2. The number of anilines is 1. The second-order valence-electron chi connectivity index (χ2n) is 21.1. The van der Waals surface area contributed by atoms with Crippen LogP contribution in [0.15, 0.2) is 77.5 Å². The van der Waals surface area contributed by atoms with Crippen molar-refractivity contribution < 1.29 is 27.6 Å². The summed E-state index contributed by atoms with van der Waals surface area (Å²) in [7, 11) is 0. The Balaban J connectivity index is 0.688. The molecule has 3 saturated heterocycles. The first-order chi connectivity index (χ1) is 35.5. The zero-order valence-electron chi connectivity index (χ0n) is 42.8. The summed E-state index contributed by atoms with van der Waals surface area (Å²) in [6.07, 6.45) is 1.38. The van der Waals surface area contributed by atoms with Gasteiger partial charge in [-0.25, -0.2) is 9.97 Å². The van der Waals surface area contributed by atoms with Crippen LogP contribution in [-0.2, 0) is 33.5 Å². The number of carbonyl (C=O) groups excluding carboxylic acids is 3. The molecule has 0 radical (unpaired) electrons. The van der Waals surface area contributed by atoms with E-state index in [1.54, 1.807) is 16.2 Å². The highest BCUT2D eigenvalue weighted by Gasteiger charge is 2.44. The molecule has 7 heterocycles. The lowest BCUT2D eigenvalue weighted by Gasteiger charge is -2.36. The number of alkyl halides is 3. The third kappa shape index (κ3) is 12.5. The molecular formula is C55H65F3N12O3S. The van der Waals surface area contributed by atoms with E-state index in [4.69, 9.17) is 4.98 Å². The molecule has 390 valence electrons. The van der Waals surface area contributed by atoms with Crippen LogP contribution in [0.5, 0.6) is 0 Å². The Morgan fingerprint density at radius 2 is 1.57 bits per heavy atom. The van der Waals surface area contributed by atoms with E-state index < -0.39 is 29.5 Å². The molecule has 2 aromatic carbocycles. The molecule has 0 spiro atoms. The molecule has 5 aromatic rings. The Morgan fingerprint density at radius 3 is 2.23 bits per heavy atom. The number of aromatic nitrogens is 5. The topological polar surface area (TPSA) is 157 Å². The summed E-state index contributed by atoms with van der Waals surface area (Å²) < 4.78 is 41.1. The molecule has 0 saturated carbocycles. The molecular weight excluding hydrogens is 966 g/mol. The summed E-state index contributed by atoms with van der Waals surface area (Å²) in [5.41, 5.74) is 7.26. The molecule has 4 aliphatic heterocycles. The number of amidine groups is 1. The number of fused-ring (bicyclic) bond motifs is 1. The summed E-state index contributed by atoms with van der Waals surface area (Å²) >= 11 is 1.60. The molecule has 2 N–H and O–H groups in total. The van der Waals surface area contributed by atoms with Crippen LogP contribution >= 0.6 is 11.3 Å². The number of carbonyl (C=O) groups is 3. The van der Waals surface area contributed by atoms with E-state index in [0.29, 0.717) is 70.0 Å². The van der Waals surface area contributed by atoms with Crippen molar-refractivity contribution in [2.45, 2.75) is 110 Å². The lowest BCUT2D eigenvalue weighted by molar-refractivity contribution is -0.147. The van der Waals surface area contributed by atoms with E-state index in [2.05, 4.69) is 76.5 Å². The van der Waals surface area contributed by atoms with Gasteiger partial charge in [-0.05, 0) is 97.4 Å². The summed E-state index contributed by atoms with van der Waals surface area (Å²) in [6, 6.07) is 19.0. The van der Waals surface area contributed by atoms with Gasteiger partial charge in [0.1, 0.15) is 23.7 Å². The van der Waals surface area contributed by atoms with Gasteiger partial charge in [-0.15, -0.1) is 21.5 Å².